The Hall–Kier alpha value is -1.94. The summed E-state index contributed by atoms with van der Waals surface area (Å²) in [6, 6.07) is 3.80. The van der Waals surface area contributed by atoms with Crippen molar-refractivity contribution in [3.05, 3.63) is 34.1 Å². The van der Waals surface area contributed by atoms with Gasteiger partial charge in [0.2, 0.25) is 0 Å². The summed E-state index contributed by atoms with van der Waals surface area (Å²) >= 11 is 1.06. The van der Waals surface area contributed by atoms with Crippen LogP contribution in [-0.4, -0.2) is 34.4 Å². The molecule has 0 atom stereocenters. The summed E-state index contributed by atoms with van der Waals surface area (Å²) in [5.41, 5.74) is -0.274. The van der Waals surface area contributed by atoms with E-state index in [9.17, 15) is 18.5 Å². The van der Waals surface area contributed by atoms with Crippen LogP contribution in [0, 0.1) is 17.0 Å². The summed E-state index contributed by atoms with van der Waals surface area (Å²) in [4.78, 5) is 10.7. The molecule has 8 nitrogen and oxygen atoms in total. The molecule has 0 saturated heterocycles. The number of benzene rings is 1. The number of hydrogen-bond donors (Lipinski definition) is 0. The number of hydrogen-bond acceptors (Lipinski definition) is 7. The maximum Gasteiger partial charge on any atom is 0.284 e. The number of nitro benzene ring substituents is 1. The van der Waals surface area contributed by atoms with Gasteiger partial charge in [-0.1, -0.05) is 0 Å². The Kier molecular flexibility index (Phi) is 4.01. The lowest BCUT2D eigenvalue weighted by Crippen LogP contribution is -2.00. The van der Waals surface area contributed by atoms with E-state index in [-0.39, 0.29) is 10.6 Å². The molecule has 21 heavy (non-hydrogen) atoms. The molecule has 0 aliphatic rings. The summed E-state index contributed by atoms with van der Waals surface area (Å²) in [7, 11) is -1.75. The van der Waals surface area contributed by atoms with E-state index in [1.54, 1.807) is 18.5 Å². The van der Waals surface area contributed by atoms with Gasteiger partial charge in [-0.2, -0.15) is 0 Å². The minimum Gasteiger partial charge on any atom is -0.309 e. The highest BCUT2D eigenvalue weighted by Crippen LogP contribution is 2.35. The summed E-state index contributed by atoms with van der Waals surface area (Å²) < 4.78 is 24.7. The maximum absolute atomic E-state index is 11.5. The van der Waals surface area contributed by atoms with Gasteiger partial charge in [0.1, 0.15) is 5.82 Å². The summed E-state index contributed by atoms with van der Waals surface area (Å²) in [5.74, 6) is 0.674. The Morgan fingerprint density at radius 3 is 2.48 bits per heavy atom. The predicted molar refractivity (Wildman–Crippen MR) is 76.1 cm³/mol. The third kappa shape index (κ3) is 3.22. The van der Waals surface area contributed by atoms with Gasteiger partial charge >= 0.3 is 0 Å². The maximum atomic E-state index is 11.5. The highest BCUT2D eigenvalue weighted by molar-refractivity contribution is 7.99. The topological polar surface area (TPSA) is 108 Å². The van der Waals surface area contributed by atoms with Crippen molar-refractivity contribution < 1.29 is 13.3 Å². The number of rotatable bonds is 4. The standard InChI is InChI=1S/C11H12N4O4S2/c1-7-12-13-11(14(7)2)20-10-5-4-8(21(3,18)19)6-9(10)15(16)17/h4-6H,1-3H3. The zero-order chi connectivity index (χ0) is 15.8. The normalized spacial score (nSPS) is 11.6. The molecule has 0 aliphatic heterocycles. The first-order chi connectivity index (χ1) is 9.70. The smallest absolute Gasteiger partial charge is 0.284 e. The lowest BCUT2D eigenvalue weighted by Gasteiger charge is -2.04. The molecular formula is C11H12N4O4S2. The van der Waals surface area contributed by atoms with Crippen LogP contribution in [0.25, 0.3) is 0 Å². The highest BCUT2D eigenvalue weighted by Gasteiger charge is 2.21. The second-order valence-corrected chi connectivity index (χ2v) is 7.37. The van der Waals surface area contributed by atoms with Gasteiger partial charge in [-0.15, -0.1) is 10.2 Å². The van der Waals surface area contributed by atoms with Gasteiger partial charge < -0.3 is 4.57 Å². The van der Waals surface area contributed by atoms with Gasteiger partial charge in [-0.25, -0.2) is 8.42 Å². The Bertz CT molecular complexity index is 814. The van der Waals surface area contributed by atoms with Gasteiger partial charge in [-0.05, 0) is 30.8 Å². The van der Waals surface area contributed by atoms with Crippen LogP contribution in [0.15, 0.2) is 33.1 Å². The summed E-state index contributed by atoms with van der Waals surface area (Å²) in [6.45, 7) is 1.76. The third-order valence-electron chi connectivity index (χ3n) is 2.81. The van der Waals surface area contributed by atoms with Crippen LogP contribution in [0.1, 0.15) is 5.82 Å². The molecule has 0 radical (unpaired) electrons. The number of nitrogens with zero attached hydrogens (tertiary/aromatic N) is 4. The molecule has 2 rings (SSSR count). The molecule has 112 valence electrons. The van der Waals surface area contributed by atoms with Crippen LogP contribution >= 0.6 is 11.8 Å². The number of aryl methyl sites for hydroxylation is 1. The van der Waals surface area contributed by atoms with Crippen LogP contribution in [0.2, 0.25) is 0 Å². The second kappa shape index (κ2) is 5.45. The quantitative estimate of drug-likeness (QED) is 0.619. The third-order valence-corrected chi connectivity index (χ3v) is 5.02. The molecule has 1 heterocycles. The molecule has 10 heteroatoms. The molecule has 0 amide bonds. The largest absolute Gasteiger partial charge is 0.309 e. The first-order valence-corrected chi connectivity index (χ1v) is 8.43. The zero-order valence-corrected chi connectivity index (χ0v) is 13.1. The fraction of sp³-hybridized carbons (Fsp3) is 0.273. The van der Waals surface area contributed by atoms with E-state index in [2.05, 4.69) is 10.2 Å². The van der Waals surface area contributed by atoms with Crippen LogP contribution in [0.3, 0.4) is 0 Å². The van der Waals surface area contributed by atoms with Crippen molar-refractivity contribution in [1.29, 1.82) is 0 Å². The van der Waals surface area contributed by atoms with Gasteiger partial charge in [0, 0.05) is 19.4 Å². The molecule has 1 aromatic heterocycles. The average molecular weight is 328 g/mol. The van der Waals surface area contributed by atoms with Crippen molar-refractivity contribution in [2.75, 3.05) is 6.26 Å². The summed E-state index contributed by atoms with van der Waals surface area (Å²) in [6.07, 6.45) is 1.00. The second-order valence-electron chi connectivity index (χ2n) is 4.35. The van der Waals surface area contributed by atoms with E-state index in [4.69, 9.17) is 0 Å². The van der Waals surface area contributed by atoms with E-state index >= 15 is 0 Å². The minimum atomic E-state index is -3.50. The van der Waals surface area contributed by atoms with Gasteiger partial charge in [0.15, 0.2) is 15.0 Å². The molecule has 0 N–H and O–H groups in total. The molecule has 1 aromatic carbocycles. The number of nitro groups is 1. The van der Waals surface area contributed by atoms with Crippen LogP contribution < -0.4 is 0 Å². The molecule has 2 aromatic rings. The molecule has 0 saturated carbocycles. The lowest BCUT2D eigenvalue weighted by molar-refractivity contribution is -0.388. The fourth-order valence-electron chi connectivity index (χ4n) is 1.53. The Morgan fingerprint density at radius 2 is 2.00 bits per heavy atom. The predicted octanol–water partition coefficient (Wildman–Crippen LogP) is 1.59. The van der Waals surface area contributed by atoms with Crippen molar-refractivity contribution >= 4 is 27.3 Å². The fourth-order valence-corrected chi connectivity index (χ4v) is 3.09. The van der Waals surface area contributed by atoms with Crippen molar-refractivity contribution in [2.45, 2.75) is 21.9 Å². The van der Waals surface area contributed by atoms with Crippen molar-refractivity contribution in [2.24, 2.45) is 7.05 Å². The lowest BCUT2D eigenvalue weighted by atomic mass is 10.3. The van der Waals surface area contributed by atoms with Crippen molar-refractivity contribution in [1.82, 2.24) is 14.8 Å². The highest BCUT2D eigenvalue weighted by atomic mass is 32.2. The van der Waals surface area contributed by atoms with E-state index in [0.717, 1.165) is 24.1 Å². The Labute approximate surface area is 125 Å². The molecule has 0 fully saturated rings. The molecule has 0 bridgehead atoms. The van der Waals surface area contributed by atoms with E-state index in [1.165, 1.54) is 12.1 Å². The summed E-state index contributed by atoms with van der Waals surface area (Å²) in [5, 5.41) is 19.4. The van der Waals surface area contributed by atoms with Crippen LogP contribution in [0.5, 0.6) is 0 Å². The number of aromatic nitrogens is 3. The van der Waals surface area contributed by atoms with E-state index in [0.29, 0.717) is 15.9 Å². The monoisotopic (exact) mass is 328 g/mol. The van der Waals surface area contributed by atoms with Gasteiger partial charge in [0.25, 0.3) is 5.69 Å². The molecule has 0 unspecified atom stereocenters. The Morgan fingerprint density at radius 1 is 1.33 bits per heavy atom. The van der Waals surface area contributed by atoms with Crippen LogP contribution in [-0.2, 0) is 16.9 Å². The first-order valence-electron chi connectivity index (χ1n) is 5.72. The SMILES string of the molecule is Cc1nnc(Sc2ccc(S(C)(=O)=O)cc2[N+](=O)[O-])n1C. The van der Waals surface area contributed by atoms with E-state index < -0.39 is 14.8 Å². The molecule has 0 aliphatic carbocycles. The van der Waals surface area contributed by atoms with Gasteiger partial charge in [-0.3, -0.25) is 10.1 Å². The van der Waals surface area contributed by atoms with E-state index in [1.807, 2.05) is 0 Å². The number of sulfone groups is 1. The molecule has 0 spiro atoms. The first kappa shape index (κ1) is 15.4. The Balaban J connectivity index is 2.49. The van der Waals surface area contributed by atoms with Crippen LogP contribution in [0.4, 0.5) is 5.69 Å². The van der Waals surface area contributed by atoms with Crippen molar-refractivity contribution in [3.63, 3.8) is 0 Å². The average Bonchev–Trinajstić information content (AvgIpc) is 2.69. The minimum absolute atomic E-state index is 0.0901. The van der Waals surface area contributed by atoms with Gasteiger partial charge in [0.05, 0.1) is 14.7 Å². The molecular weight excluding hydrogens is 316 g/mol. The zero-order valence-electron chi connectivity index (χ0n) is 11.5. The van der Waals surface area contributed by atoms with Crippen molar-refractivity contribution in [3.8, 4) is 0 Å².